The zero-order valence-corrected chi connectivity index (χ0v) is 7.74. The number of carbonyl (C=O) groups excluding carboxylic acids is 1. The lowest BCUT2D eigenvalue weighted by atomic mass is 10.1. The highest BCUT2D eigenvalue weighted by atomic mass is 35.5. The fraction of sp³-hybridized carbons (Fsp3) is 0.125. The van der Waals surface area contributed by atoms with Gasteiger partial charge in [0.05, 0.1) is 10.6 Å². The third-order valence-corrected chi connectivity index (χ3v) is 1.97. The van der Waals surface area contributed by atoms with Gasteiger partial charge in [0.25, 0.3) is 11.7 Å². The molecule has 0 unspecified atom stereocenters. The Morgan fingerprint density at radius 2 is 2.00 bits per heavy atom. The van der Waals surface area contributed by atoms with E-state index in [1.807, 2.05) is 0 Å². The van der Waals surface area contributed by atoms with Crippen molar-refractivity contribution in [1.29, 1.82) is 0 Å². The van der Waals surface area contributed by atoms with Crippen LogP contribution in [0.5, 0.6) is 0 Å². The van der Waals surface area contributed by atoms with Crippen LogP contribution in [-0.2, 0) is 0 Å². The van der Waals surface area contributed by atoms with E-state index >= 15 is 0 Å². The molecular formula is C8H4Cl2F2O. The summed E-state index contributed by atoms with van der Waals surface area (Å²) in [6, 6.07) is 3.33. The van der Waals surface area contributed by atoms with E-state index < -0.39 is 11.7 Å². The van der Waals surface area contributed by atoms with Crippen molar-refractivity contribution in [2.24, 2.45) is 0 Å². The van der Waals surface area contributed by atoms with Crippen LogP contribution in [-0.4, -0.2) is 5.24 Å². The van der Waals surface area contributed by atoms with Gasteiger partial charge >= 0.3 is 0 Å². The maximum absolute atomic E-state index is 12.1. The van der Waals surface area contributed by atoms with Crippen molar-refractivity contribution in [3.05, 3.63) is 34.3 Å². The normalized spacial score (nSPS) is 10.5. The predicted molar refractivity (Wildman–Crippen MR) is 46.6 cm³/mol. The number of hydrogen-bond acceptors (Lipinski definition) is 1. The van der Waals surface area contributed by atoms with Gasteiger partial charge in [-0.25, -0.2) is 8.78 Å². The number of benzene rings is 1. The Labute approximate surface area is 83.3 Å². The van der Waals surface area contributed by atoms with Crippen LogP contribution in [0.1, 0.15) is 22.3 Å². The van der Waals surface area contributed by atoms with Crippen LogP contribution in [0.25, 0.3) is 0 Å². The summed E-state index contributed by atoms with van der Waals surface area (Å²) >= 11 is 10.7. The Morgan fingerprint density at radius 3 is 2.38 bits per heavy atom. The summed E-state index contributed by atoms with van der Waals surface area (Å²) in [6.07, 6.45) is -2.60. The molecule has 0 fully saturated rings. The predicted octanol–water partition coefficient (Wildman–Crippen LogP) is 3.66. The minimum Gasteiger partial charge on any atom is -0.276 e. The molecule has 0 heterocycles. The molecule has 0 N–H and O–H groups in total. The summed E-state index contributed by atoms with van der Waals surface area (Å²) in [6.45, 7) is 0. The van der Waals surface area contributed by atoms with E-state index in [1.54, 1.807) is 0 Å². The highest BCUT2D eigenvalue weighted by molar-refractivity contribution is 6.68. The molecule has 1 aromatic carbocycles. The molecular weight excluding hydrogens is 221 g/mol. The lowest BCUT2D eigenvalue weighted by molar-refractivity contribution is 0.108. The number of alkyl halides is 2. The number of carbonyl (C=O) groups is 1. The van der Waals surface area contributed by atoms with Gasteiger partial charge in [0.2, 0.25) is 0 Å². The molecule has 0 radical (unpaired) electrons. The SMILES string of the molecule is O=C(Cl)c1ccc(C(F)F)cc1Cl. The summed E-state index contributed by atoms with van der Waals surface area (Å²) in [5, 5.41) is -0.816. The zero-order valence-electron chi connectivity index (χ0n) is 6.23. The quantitative estimate of drug-likeness (QED) is 0.702. The van der Waals surface area contributed by atoms with E-state index in [0.717, 1.165) is 12.1 Å². The molecule has 0 saturated carbocycles. The van der Waals surface area contributed by atoms with E-state index in [1.165, 1.54) is 6.07 Å². The molecule has 0 aliphatic rings. The van der Waals surface area contributed by atoms with Gasteiger partial charge in [-0.1, -0.05) is 17.7 Å². The lowest BCUT2D eigenvalue weighted by Gasteiger charge is -2.02. The molecule has 0 atom stereocenters. The first kappa shape index (κ1) is 10.4. The Hall–Kier alpha value is -0.670. The average molecular weight is 225 g/mol. The van der Waals surface area contributed by atoms with Gasteiger partial charge < -0.3 is 0 Å². The maximum atomic E-state index is 12.1. The van der Waals surface area contributed by atoms with E-state index in [-0.39, 0.29) is 16.1 Å². The molecule has 0 spiro atoms. The van der Waals surface area contributed by atoms with E-state index in [2.05, 4.69) is 0 Å². The molecule has 0 bridgehead atoms. The number of hydrogen-bond donors (Lipinski definition) is 0. The molecule has 0 aliphatic carbocycles. The van der Waals surface area contributed by atoms with Crippen LogP contribution in [0.3, 0.4) is 0 Å². The van der Waals surface area contributed by atoms with Crippen molar-refractivity contribution >= 4 is 28.4 Å². The summed E-state index contributed by atoms with van der Waals surface area (Å²) in [5.74, 6) is 0. The first-order chi connectivity index (χ1) is 6.02. The summed E-state index contributed by atoms with van der Waals surface area (Å²) in [7, 11) is 0. The molecule has 13 heavy (non-hydrogen) atoms. The number of rotatable bonds is 2. The summed E-state index contributed by atoms with van der Waals surface area (Å²) in [5.41, 5.74) is -0.195. The highest BCUT2D eigenvalue weighted by Gasteiger charge is 2.12. The molecule has 0 aliphatic heterocycles. The van der Waals surface area contributed by atoms with E-state index in [0.29, 0.717) is 0 Å². The van der Waals surface area contributed by atoms with E-state index in [4.69, 9.17) is 23.2 Å². The van der Waals surface area contributed by atoms with Gasteiger partial charge in [0.15, 0.2) is 0 Å². The van der Waals surface area contributed by atoms with Gasteiger partial charge in [-0.15, -0.1) is 0 Å². The topological polar surface area (TPSA) is 17.1 Å². The third-order valence-electron chi connectivity index (χ3n) is 1.46. The first-order valence-corrected chi connectivity index (χ1v) is 4.05. The third kappa shape index (κ3) is 2.39. The van der Waals surface area contributed by atoms with Crippen LogP contribution in [0.4, 0.5) is 8.78 Å². The van der Waals surface area contributed by atoms with Gasteiger partial charge in [0, 0.05) is 5.56 Å². The molecule has 1 rings (SSSR count). The maximum Gasteiger partial charge on any atom is 0.263 e. The Balaban J connectivity index is 3.13. The van der Waals surface area contributed by atoms with Crippen molar-refractivity contribution in [3.63, 3.8) is 0 Å². The molecule has 1 aromatic rings. The fourth-order valence-corrected chi connectivity index (χ4v) is 1.31. The molecule has 0 saturated heterocycles. The molecule has 70 valence electrons. The minimum absolute atomic E-state index is 0.0349. The highest BCUT2D eigenvalue weighted by Crippen LogP contribution is 2.25. The van der Waals surface area contributed by atoms with Crippen LogP contribution in [0.15, 0.2) is 18.2 Å². The van der Waals surface area contributed by atoms with Gasteiger partial charge in [0.1, 0.15) is 0 Å². The Bertz CT molecular complexity index is 339. The van der Waals surface area contributed by atoms with Crippen molar-refractivity contribution in [3.8, 4) is 0 Å². The Kier molecular flexibility index (Phi) is 3.22. The molecule has 0 amide bonds. The van der Waals surface area contributed by atoms with Gasteiger partial charge in [-0.2, -0.15) is 0 Å². The second kappa shape index (κ2) is 4.03. The molecule has 1 nitrogen and oxygen atoms in total. The molecule has 5 heteroatoms. The Morgan fingerprint density at radius 1 is 1.38 bits per heavy atom. The monoisotopic (exact) mass is 224 g/mol. The lowest BCUT2D eigenvalue weighted by Crippen LogP contribution is -1.92. The minimum atomic E-state index is -2.60. The van der Waals surface area contributed by atoms with Crippen molar-refractivity contribution in [2.45, 2.75) is 6.43 Å². The van der Waals surface area contributed by atoms with E-state index in [9.17, 15) is 13.6 Å². The number of halogens is 4. The fourth-order valence-electron chi connectivity index (χ4n) is 0.826. The van der Waals surface area contributed by atoms with Crippen LogP contribution >= 0.6 is 23.2 Å². The summed E-state index contributed by atoms with van der Waals surface area (Å²) < 4.78 is 24.2. The average Bonchev–Trinajstić information content (AvgIpc) is 2.03. The van der Waals surface area contributed by atoms with Crippen molar-refractivity contribution in [2.75, 3.05) is 0 Å². The van der Waals surface area contributed by atoms with Gasteiger partial charge in [-0.05, 0) is 23.7 Å². The molecule has 0 aromatic heterocycles. The van der Waals surface area contributed by atoms with Gasteiger partial charge in [-0.3, -0.25) is 4.79 Å². The second-order valence-corrected chi connectivity index (χ2v) is 3.06. The summed E-state index contributed by atoms with van der Waals surface area (Å²) in [4.78, 5) is 10.6. The van der Waals surface area contributed by atoms with Crippen LogP contribution in [0.2, 0.25) is 5.02 Å². The largest absolute Gasteiger partial charge is 0.276 e. The van der Waals surface area contributed by atoms with Crippen LogP contribution < -0.4 is 0 Å². The van der Waals surface area contributed by atoms with Crippen molar-refractivity contribution in [1.82, 2.24) is 0 Å². The van der Waals surface area contributed by atoms with Crippen molar-refractivity contribution < 1.29 is 13.6 Å². The first-order valence-electron chi connectivity index (χ1n) is 3.30. The standard InChI is InChI=1S/C8H4Cl2F2O/c9-6-3-4(8(11)12)1-2-5(6)7(10)13/h1-3,8H. The smallest absolute Gasteiger partial charge is 0.263 e. The zero-order chi connectivity index (χ0) is 10.0. The second-order valence-electron chi connectivity index (χ2n) is 2.31. The van der Waals surface area contributed by atoms with Crippen LogP contribution in [0, 0.1) is 0 Å².